The Bertz CT molecular complexity index is 1030. The summed E-state index contributed by atoms with van der Waals surface area (Å²) in [5.74, 6) is 1.92. The predicted octanol–water partition coefficient (Wildman–Crippen LogP) is 4.49. The van der Waals surface area contributed by atoms with Crippen molar-refractivity contribution < 1.29 is 4.74 Å². The van der Waals surface area contributed by atoms with E-state index in [2.05, 4.69) is 48.3 Å². The van der Waals surface area contributed by atoms with Gasteiger partial charge in [-0.1, -0.05) is 24.3 Å². The number of morpholine rings is 1. The molecule has 3 aromatic rings. The molecule has 2 aliphatic rings. The molecule has 1 fully saturated rings. The van der Waals surface area contributed by atoms with E-state index in [1.807, 2.05) is 11.3 Å². The number of nitrogens with one attached hydrogen (secondary N) is 1. The number of hydrogen-bond acceptors (Lipinski definition) is 6. The van der Waals surface area contributed by atoms with Crippen molar-refractivity contribution in [1.82, 2.24) is 14.9 Å². The predicted molar refractivity (Wildman–Crippen MR) is 119 cm³/mol. The van der Waals surface area contributed by atoms with Gasteiger partial charge in [-0.15, -0.1) is 11.3 Å². The first-order chi connectivity index (χ1) is 14.2. The Balaban J connectivity index is 1.51. The van der Waals surface area contributed by atoms with Gasteiger partial charge in [-0.2, -0.15) is 0 Å². The van der Waals surface area contributed by atoms with Gasteiger partial charge in [-0.25, -0.2) is 9.97 Å². The number of fused-ring (bicyclic) bond motifs is 3. The maximum Gasteiger partial charge on any atom is 0.146 e. The van der Waals surface area contributed by atoms with Crippen LogP contribution in [0.3, 0.4) is 0 Å². The summed E-state index contributed by atoms with van der Waals surface area (Å²) in [7, 11) is 0. The number of rotatable bonds is 5. The van der Waals surface area contributed by atoms with Crippen molar-refractivity contribution in [2.24, 2.45) is 0 Å². The molecule has 5 rings (SSSR count). The SMILES string of the molecule is Cc1ccccc1[C@H](C)Nc1nc(CN2CCOCC2)nc2sc3c(c12)CCC3. The van der Waals surface area contributed by atoms with E-state index in [9.17, 15) is 0 Å². The first kappa shape index (κ1) is 19.0. The molecule has 1 atom stereocenters. The molecule has 0 unspecified atom stereocenters. The Kier molecular flexibility index (Phi) is 5.24. The fourth-order valence-electron chi connectivity index (χ4n) is 4.53. The number of anilines is 1. The number of ether oxygens (including phenoxy) is 1. The highest BCUT2D eigenvalue weighted by molar-refractivity contribution is 7.19. The molecule has 0 amide bonds. The van der Waals surface area contributed by atoms with E-state index in [-0.39, 0.29) is 6.04 Å². The molecule has 29 heavy (non-hydrogen) atoms. The standard InChI is InChI=1S/C23H28N4OS/c1-15-6-3-4-7-17(15)16(2)24-22-21-18-8-5-9-19(18)29-23(21)26-20(25-22)14-27-10-12-28-13-11-27/h3-4,6-7,16H,5,8-14H2,1-2H3,(H,24,25,26)/t16-/m0/s1. The second-order valence-electron chi connectivity index (χ2n) is 8.14. The summed E-state index contributed by atoms with van der Waals surface area (Å²) in [6.07, 6.45) is 3.58. The largest absolute Gasteiger partial charge is 0.379 e. The number of aromatic nitrogens is 2. The van der Waals surface area contributed by atoms with Crippen LogP contribution in [0.25, 0.3) is 10.2 Å². The van der Waals surface area contributed by atoms with E-state index in [0.29, 0.717) is 0 Å². The van der Waals surface area contributed by atoms with Gasteiger partial charge in [0.1, 0.15) is 16.5 Å². The highest BCUT2D eigenvalue weighted by atomic mass is 32.1. The average molecular weight is 409 g/mol. The lowest BCUT2D eigenvalue weighted by Gasteiger charge is -2.26. The molecule has 3 heterocycles. The van der Waals surface area contributed by atoms with E-state index < -0.39 is 0 Å². The van der Waals surface area contributed by atoms with Gasteiger partial charge < -0.3 is 10.1 Å². The number of benzene rings is 1. The fourth-order valence-corrected chi connectivity index (χ4v) is 5.81. The van der Waals surface area contributed by atoms with Gasteiger partial charge in [0.2, 0.25) is 0 Å². The van der Waals surface area contributed by atoms with Crippen LogP contribution in [0, 0.1) is 6.92 Å². The summed E-state index contributed by atoms with van der Waals surface area (Å²) in [6.45, 7) is 8.68. The summed E-state index contributed by atoms with van der Waals surface area (Å²) in [6, 6.07) is 8.79. The third-order valence-electron chi connectivity index (χ3n) is 6.09. The van der Waals surface area contributed by atoms with E-state index in [4.69, 9.17) is 14.7 Å². The van der Waals surface area contributed by atoms with Crippen LogP contribution in [0.15, 0.2) is 24.3 Å². The van der Waals surface area contributed by atoms with Crippen LogP contribution in [0.5, 0.6) is 0 Å². The Morgan fingerprint density at radius 1 is 1.17 bits per heavy atom. The molecule has 0 spiro atoms. The number of hydrogen-bond donors (Lipinski definition) is 1. The van der Waals surface area contributed by atoms with Crippen molar-refractivity contribution in [2.75, 3.05) is 31.6 Å². The Hall–Kier alpha value is -2.02. The molecule has 1 N–H and O–H groups in total. The van der Waals surface area contributed by atoms with Crippen molar-refractivity contribution in [1.29, 1.82) is 0 Å². The molecule has 0 radical (unpaired) electrons. The number of thiophene rings is 1. The minimum Gasteiger partial charge on any atom is -0.379 e. The zero-order valence-corrected chi connectivity index (χ0v) is 18.0. The van der Waals surface area contributed by atoms with Crippen LogP contribution < -0.4 is 5.32 Å². The van der Waals surface area contributed by atoms with E-state index in [1.54, 1.807) is 0 Å². The molecule has 152 valence electrons. The van der Waals surface area contributed by atoms with Crippen LogP contribution >= 0.6 is 11.3 Å². The third-order valence-corrected chi connectivity index (χ3v) is 7.27. The smallest absolute Gasteiger partial charge is 0.146 e. The molecule has 2 aromatic heterocycles. The molecule has 1 aromatic carbocycles. The van der Waals surface area contributed by atoms with Gasteiger partial charge >= 0.3 is 0 Å². The van der Waals surface area contributed by atoms with Crippen molar-refractivity contribution in [3.05, 3.63) is 51.7 Å². The highest BCUT2D eigenvalue weighted by Gasteiger charge is 2.24. The minimum absolute atomic E-state index is 0.197. The molecular formula is C23H28N4OS. The van der Waals surface area contributed by atoms with Gasteiger partial charge in [-0.05, 0) is 49.8 Å². The minimum atomic E-state index is 0.197. The lowest BCUT2D eigenvalue weighted by atomic mass is 10.0. The summed E-state index contributed by atoms with van der Waals surface area (Å²) < 4.78 is 5.49. The maximum absolute atomic E-state index is 5.49. The second kappa shape index (κ2) is 8.01. The van der Waals surface area contributed by atoms with Crippen molar-refractivity contribution in [3.8, 4) is 0 Å². The average Bonchev–Trinajstić information content (AvgIpc) is 3.30. The number of nitrogens with zero attached hydrogens (tertiary/aromatic N) is 3. The molecule has 1 aliphatic carbocycles. The van der Waals surface area contributed by atoms with Crippen molar-refractivity contribution in [3.63, 3.8) is 0 Å². The van der Waals surface area contributed by atoms with Crippen LogP contribution in [0.1, 0.15) is 46.8 Å². The van der Waals surface area contributed by atoms with Crippen molar-refractivity contribution in [2.45, 2.75) is 45.7 Å². The number of aryl methyl sites for hydroxylation is 3. The molecule has 5 nitrogen and oxygen atoms in total. The van der Waals surface area contributed by atoms with Gasteiger partial charge in [0.15, 0.2) is 0 Å². The zero-order chi connectivity index (χ0) is 19.8. The van der Waals surface area contributed by atoms with Crippen LogP contribution in [0.2, 0.25) is 0 Å². The fraction of sp³-hybridized carbons (Fsp3) is 0.478. The molecule has 1 aliphatic heterocycles. The monoisotopic (exact) mass is 408 g/mol. The highest BCUT2D eigenvalue weighted by Crippen LogP contribution is 2.40. The molecular weight excluding hydrogens is 380 g/mol. The van der Waals surface area contributed by atoms with Crippen LogP contribution in [-0.2, 0) is 24.1 Å². The summed E-state index contributed by atoms with van der Waals surface area (Å²) >= 11 is 1.87. The normalized spacial score (nSPS) is 18.1. The van der Waals surface area contributed by atoms with Gasteiger partial charge in [-0.3, -0.25) is 4.90 Å². The Morgan fingerprint density at radius 2 is 2.00 bits per heavy atom. The van der Waals surface area contributed by atoms with Gasteiger partial charge in [0, 0.05) is 18.0 Å². The Labute approximate surface area is 176 Å². The molecule has 1 saturated heterocycles. The first-order valence-corrected chi connectivity index (χ1v) is 11.4. The van der Waals surface area contributed by atoms with E-state index in [0.717, 1.165) is 55.7 Å². The summed E-state index contributed by atoms with van der Waals surface area (Å²) in [5, 5.41) is 5.01. The molecule has 6 heteroatoms. The van der Waals surface area contributed by atoms with Crippen molar-refractivity contribution >= 4 is 27.4 Å². The third kappa shape index (κ3) is 3.77. The lowest BCUT2D eigenvalue weighted by molar-refractivity contribution is 0.0331. The lowest BCUT2D eigenvalue weighted by Crippen LogP contribution is -2.36. The van der Waals surface area contributed by atoms with Gasteiger partial charge in [0.05, 0.1) is 31.2 Å². The summed E-state index contributed by atoms with van der Waals surface area (Å²) in [4.78, 5) is 15.1. The van der Waals surface area contributed by atoms with Crippen LogP contribution in [-0.4, -0.2) is 41.2 Å². The summed E-state index contributed by atoms with van der Waals surface area (Å²) in [5.41, 5.74) is 4.10. The van der Waals surface area contributed by atoms with E-state index in [1.165, 1.54) is 39.8 Å². The topological polar surface area (TPSA) is 50.3 Å². The molecule has 0 saturated carbocycles. The Morgan fingerprint density at radius 3 is 2.83 bits per heavy atom. The van der Waals surface area contributed by atoms with Gasteiger partial charge in [0.25, 0.3) is 0 Å². The van der Waals surface area contributed by atoms with Crippen LogP contribution in [0.4, 0.5) is 5.82 Å². The quantitative estimate of drug-likeness (QED) is 0.674. The zero-order valence-electron chi connectivity index (χ0n) is 17.2. The molecule has 0 bridgehead atoms. The first-order valence-electron chi connectivity index (χ1n) is 10.6. The second-order valence-corrected chi connectivity index (χ2v) is 9.22. The maximum atomic E-state index is 5.49. The van der Waals surface area contributed by atoms with E-state index >= 15 is 0 Å².